The molecular weight excluding hydrogens is 272 g/mol. The van der Waals surface area contributed by atoms with Crippen LogP contribution in [0.25, 0.3) is 0 Å². The molecule has 0 fully saturated rings. The summed E-state index contributed by atoms with van der Waals surface area (Å²) >= 11 is 0. The van der Waals surface area contributed by atoms with Crippen LogP contribution in [0.2, 0.25) is 0 Å². The molecule has 0 aliphatic heterocycles. The predicted molar refractivity (Wildman–Crippen MR) is 81.5 cm³/mol. The van der Waals surface area contributed by atoms with Crippen molar-refractivity contribution in [3.8, 4) is 5.75 Å². The first kappa shape index (κ1) is 17.4. The predicted octanol–water partition coefficient (Wildman–Crippen LogP) is 2.59. The van der Waals surface area contributed by atoms with Crippen LogP contribution in [0.5, 0.6) is 5.75 Å². The summed E-state index contributed by atoms with van der Waals surface area (Å²) in [5.74, 6) is 0.264. The lowest BCUT2D eigenvalue weighted by atomic mass is 10.1. The highest BCUT2D eigenvalue weighted by molar-refractivity contribution is 5.48. The maximum absolute atomic E-state index is 11.1. The number of aliphatic hydroxyl groups is 1. The summed E-state index contributed by atoms with van der Waals surface area (Å²) in [6, 6.07) is 5.36. The zero-order valence-corrected chi connectivity index (χ0v) is 12.9. The molecule has 0 radical (unpaired) electrons. The van der Waals surface area contributed by atoms with E-state index >= 15 is 0 Å². The monoisotopic (exact) mass is 296 g/mol. The van der Waals surface area contributed by atoms with Gasteiger partial charge in [-0.05, 0) is 24.5 Å². The van der Waals surface area contributed by atoms with Crippen LogP contribution in [-0.2, 0) is 6.54 Å². The molecule has 1 N–H and O–H groups in total. The maximum Gasteiger partial charge on any atom is 0.311 e. The van der Waals surface area contributed by atoms with Crippen molar-refractivity contribution in [2.75, 3.05) is 20.3 Å². The topological polar surface area (TPSA) is 75.8 Å². The molecule has 0 atom stereocenters. The zero-order chi connectivity index (χ0) is 15.8. The molecule has 0 saturated carbocycles. The van der Waals surface area contributed by atoms with Crippen molar-refractivity contribution >= 4 is 5.69 Å². The van der Waals surface area contributed by atoms with Crippen LogP contribution in [0.4, 0.5) is 5.69 Å². The maximum atomic E-state index is 11.1. The molecule has 1 rings (SSSR count). The number of nitro groups is 1. The minimum atomic E-state index is -0.435. The van der Waals surface area contributed by atoms with Crippen molar-refractivity contribution in [1.82, 2.24) is 4.90 Å². The van der Waals surface area contributed by atoms with Gasteiger partial charge in [-0.3, -0.25) is 15.0 Å². The lowest BCUT2D eigenvalue weighted by Gasteiger charge is -2.29. The van der Waals surface area contributed by atoms with Crippen molar-refractivity contribution in [2.45, 2.75) is 39.3 Å². The molecule has 0 heterocycles. The third kappa shape index (κ3) is 4.68. The van der Waals surface area contributed by atoms with E-state index in [4.69, 9.17) is 4.74 Å². The van der Waals surface area contributed by atoms with E-state index in [2.05, 4.69) is 18.7 Å². The molecule has 0 unspecified atom stereocenters. The Kier molecular flexibility index (Phi) is 7.11. The quantitative estimate of drug-likeness (QED) is 0.560. The van der Waals surface area contributed by atoms with Gasteiger partial charge in [0.25, 0.3) is 0 Å². The first-order chi connectivity index (χ1) is 10.1. The number of ether oxygens (including phenoxy) is 1. The highest BCUT2D eigenvalue weighted by atomic mass is 16.6. The SMILES string of the molecule is CCC(CC)N(CCO)Cc1ccc(OC)c([N+](=O)[O-])c1. The fourth-order valence-corrected chi connectivity index (χ4v) is 2.54. The number of methoxy groups -OCH3 is 1. The molecule has 0 spiro atoms. The van der Waals surface area contributed by atoms with Gasteiger partial charge in [0.15, 0.2) is 5.75 Å². The minimum Gasteiger partial charge on any atom is -0.490 e. The molecular formula is C15H24N2O4. The largest absolute Gasteiger partial charge is 0.490 e. The van der Waals surface area contributed by atoms with Gasteiger partial charge in [0.05, 0.1) is 18.6 Å². The zero-order valence-electron chi connectivity index (χ0n) is 12.9. The standard InChI is InChI=1S/C15H24N2O4/c1-4-13(5-2)16(8-9-18)11-12-6-7-15(21-3)14(10-12)17(19)20/h6-7,10,13,18H,4-5,8-9,11H2,1-3H3. The highest BCUT2D eigenvalue weighted by Gasteiger charge is 2.19. The van der Waals surface area contributed by atoms with Crippen LogP contribution in [0.3, 0.4) is 0 Å². The van der Waals surface area contributed by atoms with Crippen LogP contribution in [-0.4, -0.2) is 41.2 Å². The van der Waals surface area contributed by atoms with Gasteiger partial charge in [0, 0.05) is 25.2 Å². The number of hydrogen-bond donors (Lipinski definition) is 1. The second kappa shape index (κ2) is 8.59. The summed E-state index contributed by atoms with van der Waals surface area (Å²) in [5, 5.41) is 20.3. The number of rotatable bonds is 9. The lowest BCUT2D eigenvalue weighted by molar-refractivity contribution is -0.385. The van der Waals surface area contributed by atoms with Gasteiger partial charge < -0.3 is 9.84 Å². The average Bonchev–Trinajstić information content (AvgIpc) is 2.48. The van der Waals surface area contributed by atoms with Gasteiger partial charge in [-0.2, -0.15) is 0 Å². The first-order valence-corrected chi connectivity index (χ1v) is 7.23. The smallest absolute Gasteiger partial charge is 0.311 e. The molecule has 1 aromatic carbocycles. The molecule has 6 nitrogen and oxygen atoms in total. The minimum absolute atomic E-state index is 0.0245. The second-order valence-corrected chi connectivity index (χ2v) is 4.93. The molecule has 118 valence electrons. The molecule has 1 aromatic rings. The van der Waals surface area contributed by atoms with Crippen LogP contribution in [0, 0.1) is 10.1 Å². The molecule has 6 heteroatoms. The fraction of sp³-hybridized carbons (Fsp3) is 0.600. The van der Waals surface area contributed by atoms with Gasteiger partial charge in [0.1, 0.15) is 0 Å². The molecule has 0 saturated heterocycles. The van der Waals surface area contributed by atoms with E-state index in [0.717, 1.165) is 18.4 Å². The average molecular weight is 296 g/mol. The van der Waals surface area contributed by atoms with E-state index in [1.165, 1.54) is 7.11 Å². The summed E-state index contributed by atoms with van der Waals surface area (Å²) in [6.45, 7) is 5.43. The third-order valence-corrected chi connectivity index (χ3v) is 3.67. The normalized spacial score (nSPS) is 11.1. The Balaban J connectivity index is 2.98. The molecule has 21 heavy (non-hydrogen) atoms. The van der Waals surface area contributed by atoms with Gasteiger partial charge in [-0.1, -0.05) is 19.9 Å². The molecule has 0 bridgehead atoms. The van der Waals surface area contributed by atoms with E-state index in [-0.39, 0.29) is 18.0 Å². The van der Waals surface area contributed by atoms with Crippen LogP contribution in [0.15, 0.2) is 18.2 Å². The number of aliphatic hydroxyl groups excluding tert-OH is 1. The second-order valence-electron chi connectivity index (χ2n) is 4.93. The summed E-state index contributed by atoms with van der Waals surface area (Å²) < 4.78 is 5.01. The Labute approximate surface area is 125 Å². The van der Waals surface area contributed by atoms with Crippen molar-refractivity contribution in [3.63, 3.8) is 0 Å². The van der Waals surface area contributed by atoms with Crippen molar-refractivity contribution in [3.05, 3.63) is 33.9 Å². The van der Waals surface area contributed by atoms with E-state index in [1.807, 2.05) is 6.07 Å². The molecule has 0 amide bonds. The molecule has 0 aliphatic carbocycles. The number of nitrogens with zero attached hydrogens (tertiary/aromatic N) is 2. The van der Waals surface area contributed by atoms with E-state index in [0.29, 0.717) is 19.1 Å². The Bertz CT molecular complexity index is 461. The summed E-state index contributed by atoms with van der Waals surface area (Å²) in [5.41, 5.74) is 0.825. The summed E-state index contributed by atoms with van der Waals surface area (Å²) in [4.78, 5) is 12.8. The van der Waals surface area contributed by atoms with Gasteiger partial charge in [-0.15, -0.1) is 0 Å². The Morgan fingerprint density at radius 3 is 2.52 bits per heavy atom. The van der Waals surface area contributed by atoms with Crippen LogP contribution >= 0.6 is 0 Å². The van der Waals surface area contributed by atoms with E-state index < -0.39 is 4.92 Å². The Morgan fingerprint density at radius 2 is 2.05 bits per heavy atom. The number of benzene rings is 1. The molecule has 0 aromatic heterocycles. The van der Waals surface area contributed by atoms with Gasteiger partial charge in [-0.25, -0.2) is 0 Å². The summed E-state index contributed by atoms with van der Waals surface area (Å²) in [6.07, 6.45) is 1.96. The van der Waals surface area contributed by atoms with E-state index in [9.17, 15) is 15.2 Å². The summed E-state index contributed by atoms with van der Waals surface area (Å²) in [7, 11) is 1.42. The van der Waals surface area contributed by atoms with E-state index in [1.54, 1.807) is 12.1 Å². The first-order valence-electron chi connectivity index (χ1n) is 7.23. The number of nitro benzene ring substituents is 1. The Morgan fingerprint density at radius 1 is 1.38 bits per heavy atom. The highest BCUT2D eigenvalue weighted by Crippen LogP contribution is 2.28. The Hall–Kier alpha value is -1.66. The van der Waals surface area contributed by atoms with Crippen molar-refractivity contribution < 1.29 is 14.8 Å². The van der Waals surface area contributed by atoms with Crippen molar-refractivity contribution in [1.29, 1.82) is 0 Å². The number of hydrogen-bond acceptors (Lipinski definition) is 5. The molecule has 0 aliphatic rings. The van der Waals surface area contributed by atoms with Gasteiger partial charge >= 0.3 is 5.69 Å². The lowest BCUT2D eigenvalue weighted by Crippen LogP contribution is -2.36. The fourth-order valence-electron chi connectivity index (χ4n) is 2.54. The van der Waals surface area contributed by atoms with Crippen LogP contribution in [0.1, 0.15) is 32.3 Å². The van der Waals surface area contributed by atoms with Gasteiger partial charge in [0.2, 0.25) is 0 Å². The third-order valence-electron chi connectivity index (χ3n) is 3.67. The van der Waals surface area contributed by atoms with Crippen molar-refractivity contribution in [2.24, 2.45) is 0 Å². The van der Waals surface area contributed by atoms with Crippen LogP contribution < -0.4 is 4.74 Å².